The lowest BCUT2D eigenvalue weighted by atomic mass is 9.90. The van der Waals surface area contributed by atoms with Crippen molar-refractivity contribution in [2.24, 2.45) is 11.8 Å². The van der Waals surface area contributed by atoms with E-state index in [1.54, 1.807) is 6.92 Å². The minimum atomic E-state index is -0.445. The number of ketones is 1. The van der Waals surface area contributed by atoms with Crippen molar-refractivity contribution >= 4 is 35.3 Å². The number of likely N-dealkylation sites (N-methyl/N-ethyl adjacent to an activating group) is 1. The normalized spacial score (nSPS) is 16.0. The number of rotatable bonds is 10. The quantitative estimate of drug-likeness (QED) is 0.593. The number of hydrogen-bond acceptors (Lipinski definition) is 5. The number of hydrogen-bond donors (Lipinski definition) is 1. The molecule has 1 aromatic carbocycles. The Morgan fingerprint density at radius 1 is 1.10 bits per heavy atom. The number of benzene rings is 1. The van der Waals surface area contributed by atoms with Crippen molar-refractivity contribution in [1.82, 2.24) is 10.2 Å². The second-order valence-electron chi connectivity index (χ2n) is 7.64. The third-order valence-corrected chi connectivity index (χ3v) is 5.98. The van der Waals surface area contributed by atoms with E-state index in [2.05, 4.69) is 5.32 Å². The molecule has 3 amide bonds. The summed E-state index contributed by atoms with van der Waals surface area (Å²) in [5.74, 6) is -1.22. The Labute approximate surface area is 176 Å². The van der Waals surface area contributed by atoms with Gasteiger partial charge in [-0.2, -0.15) is 0 Å². The van der Waals surface area contributed by atoms with E-state index in [1.165, 1.54) is 24.9 Å². The summed E-state index contributed by atoms with van der Waals surface area (Å²) < 4.78 is 0. The smallest absolute Gasteiger partial charge is 0.267 e. The van der Waals surface area contributed by atoms with Gasteiger partial charge in [0.15, 0.2) is 0 Å². The third kappa shape index (κ3) is 6.56. The topological polar surface area (TPSA) is 83.6 Å². The summed E-state index contributed by atoms with van der Waals surface area (Å²) in [5, 5.41) is 2.91. The van der Waals surface area contributed by atoms with E-state index in [4.69, 9.17) is 0 Å². The average molecular weight is 417 g/mol. The van der Waals surface area contributed by atoms with E-state index < -0.39 is 5.92 Å². The molecule has 0 unspecified atom stereocenters. The van der Waals surface area contributed by atoms with Gasteiger partial charge >= 0.3 is 0 Å². The molecule has 1 aromatic rings. The van der Waals surface area contributed by atoms with Gasteiger partial charge in [0, 0.05) is 43.2 Å². The molecule has 1 N–H and O–H groups in total. The van der Waals surface area contributed by atoms with E-state index in [9.17, 15) is 19.2 Å². The first-order chi connectivity index (χ1) is 13.7. The van der Waals surface area contributed by atoms with Gasteiger partial charge < -0.3 is 5.32 Å². The van der Waals surface area contributed by atoms with Crippen molar-refractivity contribution in [2.45, 2.75) is 39.7 Å². The lowest BCUT2D eigenvalue weighted by Crippen LogP contribution is -2.38. The second-order valence-corrected chi connectivity index (χ2v) is 8.71. The van der Waals surface area contributed by atoms with Gasteiger partial charge in [0.25, 0.3) is 11.8 Å². The number of carbonyl (C=O) groups is 4. The van der Waals surface area contributed by atoms with Gasteiger partial charge in [0.2, 0.25) is 5.91 Å². The maximum Gasteiger partial charge on any atom is 0.267 e. The highest BCUT2D eigenvalue weighted by atomic mass is 32.2. The first-order valence-corrected chi connectivity index (χ1v) is 10.7. The third-order valence-electron chi connectivity index (χ3n) is 4.71. The van der Waals surface area contributed by atoms with E-state index in [0.29, 0.717) is 17.1 Å². The van der Waals surface area contributed by atoms with Crippen LogP contribution in [-0.4, -0.2) is 47.2 Å². The van der Waals surface area contributed by atoms with Crippen LogP contribution in [0.4, 0.5) is 0 Å². The molecule has 0 aromatic heterocycles. The fourth-order valence-electron chi connectivity index (χ4n) is 2.95. The molecule has 0 fully saturated rings. The van der Waals surface area contributed by atoms with E-state index in [0.717, 1.165) is 10.5 Å². The number of carbonyl (C=O) groups excluding carboxylic acids is 4. The molecule has 156 valence electrons. The summed E-state index contributed by atoms with van der Waals surface area (Å²) in [6.07, 6.45) is 1.94. The van der Waals surface area contributed by atoms with Crippen molar-refractivity contribution in [3.8, 4) is 0 Å². The number of nitrogens with zero attached hydrogens (tertiary/aromatic N) is 1. The molecular weight excluding hydrogens is 388 g/mol. The minimum absolute atomic E-state index is 0.00121. The van der Waals surface area contributed by atoms with Gasteiger partial charge in [-0.25, -0.2) is 0 Å². The Morgan fingerprint density at radius 3 is 2.31 bits per heavy atom. The molecule has 0 aliphatic carbocycles. The van der Waals surface area contributed by atoms with Crippen molar-refractivity contribution < 1.29 is 19.2 Å². The number of amides is 3. The van der Waals surface area contributed by atoms with Crippen LogP contribution in [0.3, 0.4) is 0 Å². The largest absolute Gasteiger partial charge is 0.354 e. The van der Waals surface area contributed by atoms with Crippen molar-refractivity contribution in [3.63, 3.8) is 0 Å². The first kappa shape index (κ1) is 22.9. The average Bonchev–Trinajstić information content (AvgIpc) is 2.92. The first-order valence-electron chi connectivity index (χ1n) is 9.72. The molecule has 1 aliphatic rings. The Balaban J connectivity index is 1.98. The molecule has 0 saturated heterocycles. The van der Waals surface area contributed by atoms with Crippen LogP contribution < -0.4 is 5.32 Å². The molecule has 2 atom stereocenters. The van der Waals surface area contributed by atoms with Gasteiger partial charge in [-0.15, -0.1) is 11.8 Å². The predicted molar refractivity (Wildman–Crippen MR) is 114 cm³/mol. The Bertz CT molecular complexity index is 804. The number of Topliss-reactive ketones (excluding diaryl/α,β-unsaturated/α-hetero) is 1. The monoisotopic (exact) mass is 416 g/mol. The molecule has 0 bridgehead atoms. The predicted octanol–water partition coefficient (Wildman–Crippen LogP) is 2.58. The highest BCUT2D eigenvalue weighted by Crippen LogP contribution is 2.26. The van der Waals surface area contributed by atoms with Gasteiger partial charge in [-0.1, -0.05) is 37.3 Å². The van der Waals surface area contributed by atoms with Crippen LogP contribution in [0.2, 0.25) is 0 Å². The van der Waals surface area contributed by atoms with Crippen molar-refractivity contribution in [1.29, 1.82) is 0 Å². The van der Waals surface area contributed by atoms with Crippen LogP contribution in [0.15, 0.2) is 41.3 Å². The maximum atomic E-state index is 12.8. The standard InChI is InChI=1S/C22H28N2O4S/c1-14(2)23-21(27)17(10-16-8-6-5-7-9-16)11-18(25)15(3)13-29-19-12-20(26)24(4)22(19)28/h5-9,12,14-15,17H,10-11,13H2,1-4H3,(H,23,27)/t15-,17+/m0/s1. The number of imide groups is 1. The minimum Gasteiger partial charge on any atom is -0.354 e. The van der Waals surface area contributed by atoms with Gasteiger partial charge in [-0.05, 0) is 25.8 Å². The van der Waals surface area contributed by atoms with Crippen LogP contribution in [0.1, 0.15) is 32.8 Å². The lowest BCUT2D eigenvalue weighted by Gasteiger charge is -2.20. The van der Waals surface area contributed by atoms with Crippen LogP contribution >= 0.6 is 11.8 Å². The molecular formula is C22H28N2O4S. The zero-order valence-corrected chi connectivity index (χ0v) is 18.1. The molecule has 2 rings (SSSR count). The summed E-state index contributed by atoms with van der Waals surface area (Å²) in [7, 11) is 1.44. The summed E-state index contributed by atoms with van der Waals surface area (Å²) in [5.41, 5.74) is 1.01. The molecule has 29 heavy (non-hydrogen) atoms. The van der Waals surface area contributed by atoms with Crippen LogP contribution in [0.25, 0.3) is 0 Å². The van der Waals surface area contributed by atoms with Gasteiger partial charge in [-0.3, -0.25) is 24.1 Å². The van der Waals surface area contributed by atoms with Crippen LogP contribution in [0.5, 0.6) is 0 Å². The van der Waals surface area contributed by atoms with Gasteiger partial charge in [0.1, 0.15) is 5.78 Å². The van der Waals surface area contributed by atoms with Crippen LogP contribution in [-0.2, 0) is 25.6 Å². The summed E-state index contributed by atoms with van der Waals surface area (Å²) >= 11 is 1.21. The molecule has 7 heteroatoms. The molecule has 1 heterocycles. The zero-order chi connectivity index (χ0) is 21.6. The Hall–Kier alpha value is -2.41. The summed E-state index contributed by atoms with van der Waals surface area (Å²) in [4.78, 5) is 50.3. The highest BCUT2D eigenvalue weighted by molar-refractivity contribution is 8.04. The zero-order valence-electron chi connectivity index (χ0n) is 17.3. The summed E-state index contributed by atoms with van der Waals surface area (Å²) in [6.45, 7) is 5.58. The van der Waals surface area contributed by atoms with Crippen molar-refractivity contribution in [3.05, 3.63) is 46.9 Å². The number of thioether (sulfide) groups is 1. The molecule has 0 radical (unpaired) electrons. The highest BCUT2D eigenvalue weighted by Gasteiger charge is 2.30. The summed E-state index contributed by atoms with van der Waals surface area (Å²) in [6, 6.07) is 9.64. The second kappa shape index (κ2) is 10.4. The molecule has 0 saturated carbocycles. The fraction of sp³-hybridized carbons (Fsp3) is 0.455. The number of nitrogens with one attached hydrogen (secondary N) is 1. The Morgan fingerprint density at radius 2 is 1.76 bits per heavy atom. The molecule has 1 aliphatic heterocycles. The maximum absolute atomic E-state index is 12.8. The SMILES string of the molecule is CC(C)NC(=O)[C@@H](CC(=O)[C@@H](C)CSC1=CC(=O)N(C)C1=O)Cc1ccccc1. The van der Waals surface area contributed by atoms with Crippen molar-refractivity contribution in [2.75, 3.05) is 12.8 Å². The Kier molecular flexibility index (Phi) is 8.20. The lowest BCUT2D eigenvalue weighted by molar-refractivity contribution is -0.135. The van der Waals surface area contributed by atoms with Gasteiger partial charge in [0.05, 0.1) is 4.91 Å². The van der Waals surface area contributed by atoms with E-state index in [-0.39, 0.29) is 41.9 Å². The fourth-order valence-corrected chi connectivity index (χ4v) is 4.01. The molecule has 0 spiro atoms. The van der Waals surface area contributed by atoms with E-state index >= 15 is 0 Å². The molecule has 6 nitrogen and oxygen atoms in total. The van der Waals surface area contributed by atoms with E-state index in [1.807, 2.05) is 44.2 Å². The van der Waals surface area contributed by atoms with Crippen LogP contribution in [0, 0.1) is 11.8 Å².